The highest BCUT2D eigenvalue weighted by molar-refractivity contribution is 7.09. The summed E-state index contributed by atoms with van der Waals surface area (Å²) in [5.74, 6) is 1.72. The summed E-state index contributed by atoms with van der Waals surface area (Å²) in [6, 6.07) is 8.04. The first-order chi connectivity index (χ1) is 12.3. The summed E-state index contributed by atoms with van der Waals surface area (Å²) in [7, 11) is 0. The lowest BCUT2D eigenvalue weighted by Gasteiger charge is -2.12. The van der Waals surface area contributed by atoms with Crippen LogP contribution in [0.3, 0.4) is 0 Å². The first-order valence-electron chi connectivity index (χ1n) is 8.92. The number of nitrogens with one attached hydrogen (secondary N) is 2. The van der Waals surface area contributed by atoms with Crippen molar-refractivity contribution >= 4 is 17.3 Å². The summed E-state index contributed by atoms with van der Waals surface area (Å²) in [6.45, 7) is 9.08. The number of rotatable bonds is 9. The Bertz CT molecular complexity index is 669. The monoisotopic (exact) mass is 360 g/mol. The van der Waals surface area contributed by atoms with Crippen LogP contribution >= 0.6 is 11.3 Å². The molecule has 2 N–H and O–H groups in total. The number of aryl methyl sites for hydroxylation is 1. The van der Waals surface area contributed by atoms with E-state index in [2.05, 4.69) is 45.9 Å². The Morgan fingerprint density at radius 2 is 2.04 bits per heavy atom. The molecule has 0 aliphatic carbocycles. The molecule has 0 saturated carbocycles. The summed E-state index contributed by atoms with van der Waals surface area (Å²) in [4.78, 5) is 9.27. The number of aromatic nitrogens is 1. The standard InChI is InChI=1S/C19H28N4OS/c1-4-18-23-16(14-25-18)11-12-21-19(20-5-2)22-13-15-9-7-8-10-17(15)24-6-3/h7-10,14H,4-6,11-13H2,1-3H3,(H2,20,21,22). The van der Waals surface area contributed by atoms with Crippen molar-refractivity contribution in [2.45, 2.75) is 40.2 Å². The number of ether oxygens (including phenoxy) is 1. The van der Waals surface area contributed by atoms with E-state index in [-0.39, 0.29) is 0 Å². The van der Waals surface area contributed by atoms with E-state index in [1.165, 1.54) is 5.01 Å². The summed E-state index contributed by atoms with van der Waals surface area (Å²) >= 11 is 1.73. The lowest BCUT2D eigenvalue weighted by Crippen LogP contribution is -2.38. The fraction of sp³-hybridized carbons (Fsp3) is 0.474. The van der Waals surface area contributed by atoms with Crippen LogP contribution in [0.15, 0.2) is 34.6 Å². The van der Waals surface area contributed by atoms with E-state index < -0.39 is 0 Å². The van der Waals surface area contributed by atoms with Crippen molar-refractivity contribution in [1.82, 2.24) is 15.6 Å². The molecule has 1 heterocycles. The molecule has 0 radical (unpaired) electrons. The number of hydrogen-bond donors (Lipinski definition) is 2. The van der Waals surface area contributed by atoms with Crippen LogP contribution in [0, 0.1) is 0 Å². The van der Waals surface area contributed by atoms with Crippen LogP contribution in [0.5, 0.6) is 5.75 Å². The molecule has 0 amide bonds. The topological polar surface area (TPSA) is 58.5 Å². The van der Waals surface area contributed by atoms with Crippen molar-refractivity contribution < 1.29 is 4.74 Å². The van der Waals surface area contributed by atoms with E-state index in [4.69, 9.17) is 4.74 Å². The molecule has 2 rings (SSSR count). The van der Waals surface area contributed by atoms with Crippen molar-refractivity contribution in [1.29, 1.82) is 0 Å². The van der Waals surface area contributed by atoms with Gasteiger partial charge in [0, 0.05) is 30.5 Å². The van der Waals surface area contributed by atoms with Gasteiger partial charge in [-0.3, -0.25) is 0 Å². The van der Waals surface area contributed by atoms with Crippen LogP contribution in [0.1, 0.15) is 37.0 Å². The Morgan fingerprint density at radius 3 is 2.76 bits per heavy atom. The average Bonchev–Trinajstić information content (AvgIpc) is 3.09. The second-order valence-corrected chi connectivity index (χ2v) is 6.44. The molecule has 136 valence electrons. The Balaban J connectivity index is 1.91. The highest BCUT2D eigenvalue weighted by Crippen LogP contribution is 2.18. The van der Waals surface area contributed by atoms with Crippen LogP contribution < -0.4 is 15.4 Å². The zero-order chi connectivity index (χ0) is 17.9. The van der Waals surface area contributed by atoms with Gasteiger partial charge in [0.1, 0.15) is 5.75 Å². The maximum Gasteiger partial charge on any atom is 0.191 e. The molecule has 1 aromatic heterocycles. The van der Waals surface area contributed by atoms with Gasteiger partial charge in [-0.2, -0.15) is 0 Å². The van der Waals surface area contributed by atoms with Crippen LogP contribution in [-0.2, 0) is 19.4 Å². The number of para-hydroxylation sites is 1. The van der Waals surface area contributed by atoms with E-state index in [0.717, 1.165) is 48.9 Å². The minimum Gasteiger partial charge on any atom is -0.494 e. The normalized spacial score (nSPS) is 11.4. The largest absolute Gasteiger partial charge is 0.494 e. The van der Waals surface area contributed by atoms with Crippen LogP contribution in [0.25, 0.3) is 0 Å². The minimum absolute atomic E-state index is 0.586. The Kier molecular flexibility index (Phi) is 8.25. The minimum atomic E-state index is 0.586. The molecular weight excluding hydrogens is 332 g/mol. The van der Waals surface area contributed by atoms with Crippen LogP contribution in [-0.4, -0.2) is 30.6 Å². The molecule has 5 nitrogen and oxygen atoms in total. The molecule has 0 spiro atoms. The van der Waals surface area contributed by atoms with Crippen molar-refractivity contribution in [3.05, 3.63) is 45.9 Å². The molecule has 0 aliphatic heterocycles. The molecule has 0 aliphatic rings. The maximum atomic E-state index is 5.66. The van der Waals surface area contributed by atoms with Gasteiger partial charge in [0.15, 0.2) is 5.96 Å². The number of aliphatic imine (C=N–C) groups is 1. The summed E-state index contributed by atoms with van der Waals surface area (Å²) in [5.41, 5.74) is 2.24. The zero-order valence-electron chi connectivity index (χ0n) is 15.3. The zero-order valence-corrected chi connectivity index (χ0v) is 16.2. The third kappa shape index (κ3) is 6.38. The van der Waals surface area contributed by atoms with Crippen LogP contribution in [0.2, 0.25) is 0 Å². The third-order valence-corrected chi connectivity index (χ3v) is 4.64. The molecule has 0 bridgehead atoms. The molecule has 0 saturated heterocycles. The highest BCUT2D eigenvalue weighted by Gasteiger charge is 2.04. The first-order valence-corrected chi connectivity index (χ1v) is 9.80. The molecule has 0 atom stereocenters. The number of nitrogens with zero attached hydrogens (tertiary/aromatic N) is 2. The number of hydrogen-bond acceptors (Lipinski definition) is 4. The van der Waals surface area contributed by atoms with Gasteiger partial charge in [0.05, 0.1) is 23.9 Å². The van der Waals surface area contributed by atoms with E-state index >= 15 is 0 Å². The lowest BCUT2D eigenvalue weighted by atomic mass is 10.2. The molecule has 0 unspecified atom stereocenters. The fourth-order valence-electron chi connectivity index (χ4n) is 2.37. The van der Waals surface area contributed by atoms with Gasteiger partial charge in [0.2, 0.25) is 0 Å². The predicted octanol–water partition coefficient (Wildman–Crippen LogP) is 3.40. The Labute approximate surface area is 154 Å². The lowest BCUT2D eigenvalue weighted by molar-refractivity contribution is 0.336. The van der Waals surface area contributed by atoms with Crippen LogP contribution in [0.4, 0.5) is 0 Å². The van der Waals surface area contributed by atoms with Gasteiger partial charge < -0.3 is 15.4 Å². The van der Waals surface area contributed by atoms with Gasteiger partial charge >= 0.3 is 0 Å². The van der Waals surface area contributed by atoms with E-state index in [1.54, 1.807) is 11.3 Å². The molecule has 0 fully saturated rings. The quantitative estimate of drug-likeness (QED) is 0.531. The van der Waals surface area contributed by atoms with Gasteiger partial charge in [-0.15, -0.1) is 11.3 Å². The molecule has 1 aromatic carbocycles. The third-order valence-electron chi connectivity index (χ3n) is 3.60. The Hall–Kier alpha value is -2.08. The number of guanidine groups is 1. The predicted molar refractivity (Wildman–Crippen MR) is 106 cm³/mol. The van der Waals surface area contributed by atoms with Crippen molar-refractivity contribution in [3.63, 3.8) is 0 Å². The van der Waals surface area contributed by atoms with Gasteiger partial charge in [0.25, 0.3) is 0 Å². The van der Waals surface area contributed by atoms with Crippen molar-refractivity contribution in [3.8, 4) is 5.75 Å². The first kappa shape index (κ1) is 19.2. The highest BCUT2D eigenvalue weighted by atomic mass is 32.1. The van der Waals surface area contributed by atoms with E-state index in [0.29, 0.717) is 13.2 Å². The summed E-state index contributed by atoms with van der Waals surface area (Å²) in [6.07, 6.45) is 1.90. The van der Waals surface area contributed by atoms with E-state index in [1.807, 2.05) is 25.1 Å². The molecule has 2 aromatic rings. The fourth-order valence-corrected chi connectivity index (χ4v) is 3.15. The average molecular weight is 361 g/mol. The Morgan fingerprint density at radius 1 is 1.20 bits per heavy atom. The van der Waals surface area contributed by atoms with Crippen molar-refractivity contribution in [2.75, 3.05) is 19.7 Å². The van der Waals surface area contributed by atoms with E-state index in [9.17, 15) is 0 Å². The number of thiazole rings is 1. The summed E-state index contributed by atoms with van der Waals surface area (Å²) < 4.78 is 5.66. The SMILES string of the molecule is CCNC(=NCc1ccccc1OCC)NCCc1csc(CC)n1. The molecule has 6 heteroatoms. The van der Waals surface area contributed by atoms with Gasteiger partial charge in [-0.1, -0.05) is 25.1 Å². The summed E-state index contributed by atoms with van der Waals surface area (Å²) in [5, 5.41) is 10.0. The number of benzene rings is 1. The molecule has 25 heavy (non-hydrogen) atoms. The smallest absolute Gasteiger partial charge is 0.191 e. The second-order valence-electron chi connectivity index (χ2n) is 5.50. The van der Waals surface area contributed by atoms with Gasteiger partial charge in [-0.05, 0) is 26.3 Å². The van der Waals surface area contributed by atoms with Gasteiger partial charge in [-0.25, -0.2) is 9.98 Å². The molecular formula is C19H28N4OS. The van der Waals surface area contributed by atoms with Crippen molar-refractivity contribution in [2.24, 2.45) is 4.99 Å². The maximum absolute atomic E-state index is 5.66. The second kappa shape index (κ2) is 10.7.